The second kappa shape index (κ2) is 4.71. The molecule has 2 atom stereocenters. The van der Waals surface area contributed by atoms with E-state index in [0.29, 0.717) is 12.8 Å². The quantitative estimate of drug-likeness (QED) is 0.816. The minimum absolute atomic E-state index is 0.355. The van der Waals surface area contributed by atoms with Crippen molar-refractivity contribution in [1.29, 1.82) is 0 Å². The number of nitrogens with zero attached hydrogens (tertiary/aromatic N) is 1. The Hall–Kier alpha value is -1.38. The Labute approximate surface area is 109 Å². The Balaban J connectivity index is 1.92. The highest BCUT2D eigenvalue weighted by molar-refractivity contribution is 5.66. The van der Waals surface area contributed by atoms with Crippen LogP contribution in [0.2, 0.25) is 0 Å². The van der Waals surface area contributed by atoms with Crippen LogP contribution in [0.15, 0.2) is 18.2 Å². The van der Waals surface area contributed by atoms with Crippen LogP contribution in [0.4, 0.5) is 5.69 Å². The van der Waals surface area contributed by atoms with Gasteiger partial charge in [0.05, 0.1) is 5.69 Å². The third-order valence-electron chi connectivity index (χ3n) is 4.29. The number of anilines is 1. The molecule has 1 aromatic rings. The Morgan fingerprint density at radius 3 is 3.11 bits per heavy atom. The highest BCUT2D eigenvalue weighted by Gasteiger charge is 2.32. The van der Waals surface area contributed by atoms with Crippen LogP contribution in [0.25, 0.3) is 0 Å². The summed E-state index contributed by atoms with van der Waals surface area (Å²) < 4.78 is 11.1. The van der Waals surface area contributed by atoms with E-state index >= 15 is 0 Å². The molecule has 3 nitrogen and oxygen atoms in total. The number of para-hydroxylation sites is 1. The number of fused-ring (bicyclic) bond motifs is 1. The number of ether oxygens (including phenoxy) is 2. The van der Waals surface area contributed by atoms with Crippen molar-refractivity contribution in [3.63, 3.8) is 0 Å². The summed E-state index contributed by atoms with van der Waals surface area (Å²) in [6.45, 7) is 6.11. The molecule has 0 aromatic heterocycles. The summed E-state index contributed by atoms with van der Waals surface area (Å²) >= 11 is 0. The average molecular weight is 247 g/mol. The Morgan fingerprint density at radius 2 is 2.28 bits per heavy atom. The van der Waals surface area contributed by atoms with E-state index in [1.54, 1.807) is 0 Å². The normalized spacial score (nSPS) is 23.4. The van der Waals surface area contributed by atoms with Gasteiger partial charge in [-0.3, -0.25) is 0 Å². The van der Waals surface area contributed by atoms with Crippen molar-refractivity contribution in [3.05, 3.63) is 18.2 Å². The van der Waals surface area contributed by atoms with Crippen molar-refractivity contribution in [2.75, 3.05) is 18.2 Å². The Kier molecular flexibility index (Phi) is 3.06. The van der Waals surface area contributed by atoms with E-state index in [-0.39, 0.29) is 0 Å². The van der Waals surface area contributed by atoms with Crippen molar-refractivity contribution < 1.29 is 9.47 Å². The first-order valence-corrected chi connectivity index (χ1v) is 6.96. The molecular weight excluding hydrogens is 226 g/mol. The van der Waals surface area contributed by atoms with E-state index in [4.69, 9.17) is 9.47 Å². The highest BCUT2D eigenvalue weighted by atomic mass is 16.7. The molecule has 2 unspecified atom stereocenters. The van der Waals surface area contributed by atoms with Crippen LogP contribution in [0, 0.1) is 5.92 Å². The van der Waals surface area contributed by atoms with Crippen LogP contribution in [0.5, 0.6) is 11.5 Å². The second-order valence-corrected chi connectivity index (χ2v) is 5.30. The van der Waals surface area contributed by atoms with E-state index < -0.39 is 0 Å². The summed E-state index contributed by atoms with van der Waals surface area (Å²) in [6.07, 6.45) is 3.80. The smallest absolute Gasteiger partial charge is 0.231 e. The van der Waals surface area contributed by atoms with Crippen LogP contribution in [-0.4, -0.2) is 19.4 Å². The Bertz CT molecular complexity index is 433. The van der Waals surface area contributed by atoms with Gasteiger partial charge in [-0.1, -0.05) is 26.3 Å². The van der Waals surface area contributed by atoms with Gasteiger partial charge in [0, 0.05) is 12.6 Å². The molecule has 1 aromatic carbocycles. The number of benzene rings is 1. The fourth-order valence-electron chi connectivity index (χ4n) is 3.10. The summed E-state index contributed by atoms with van der Waals surface area (Å²) in [5.74, 6) is 2.56. The lowest BCUT2D eigenvalue weighted by molar-refractivity contribution is 0.174. The van der Waals surface area contributed by atoms with Crippen LogP contribution < -0.4 is 14.4 Å². The Morgan fingerprint density at radius 1 is 1.39 bits per heavy atom. The van der Waals surface area contributed by atoms with Crippen molar-refractivity contribution in [1.82, 2.24) is 0 Å². The number of hydrogen-bond acceptors (Lipinski definition) is 3. The maximum absolute atomic E-state index is 5.64. The fourth-order valence-corrected chi connectivity index (χ4v) is 3.10. The van der Waals surface area contributed by atoms with Crippen LogP contribution in [-0.2, 0) is 0 Å². The molecule has 0 N–H and O–H groups in total. The molecule has 0 aliphatic carbocycles. The van der Waals surface area contributed by atoms with Crippen LogP contribution in [0.1, 0.15) is 33.1 Å². The summed E-state index contributed by atoms with van der Waals surface area (Å²) in [7, 11) is 0. The van der Waals surface area contributed by atoms with Gasteiger partial charge in [0.15, 0.2) is 11.5 Å². The van der Waals surface area contributed by atoms with E-state index in [2.05, 4.69) is 30.9 Å². The van der Waals surface area contributed by atoms with Gasteiger partial charge >= 0.3 is 0 Å². The second-order valence-electron chi connectivity index (χ2n) is 5.30. The molecule has 0 spiro atoms. The van der Waals surface area contributed by atoms with E-state index in [0.717, 1.165) is 24.0 Å². The van der Waals surface area contributed by atoms with Crippen LogP contribution >= 0.6 is 0 Å². The first-order chi connectivity index (χ1) is 8.81. The van der Waals surface area contributed by atoms with E-state index in [1.807, 2.05) is 6.07 Å². The molecule has 2 heterocycles. The first kappa shape index (κ1) is 11.7. The van der Waals surface area contributed by atoms with Gasteiger partial charge in [0.1, 0.15) is 0 Å². The third-order valence-corrected chi connectivity index (χ3v) is 4.29. The maximum atomic E-state index is 5.64. The van der Waals surface area contributed by atoms with Gasteiger partial charge in [-0.2, -0.15) is 0 Å². The highest BCUT2D eigenvalue weighted by Crippen LogP contribution is 2.44. The lowest BCUT2D eigenvalue weighted by Crippen LogP contribution is -2.34. The lowest BCUT2D eigenvalue weighted by atomic mass is 9.96. The molecule has 3 heteroatoms. The van der Waals surface area contributed by atoms with Gasteiger partial charge in [-0.25, -0.2) is 0 Å². The molecule has 98 valence electrons. The van der Waals surface area contributed by atoms with E-state index in [9.17, 15) is 0 Å². The number of hydrogen-bond donors (Lipinski definition) is 0. The molecule has 2 aliphatic heterocycles. The predicted molar refractivity (Wildman–Crippen MR) is 72.4 cm³/mol. The zero-order valence-corrected chi connectivity index (χ0v) is 11.2. The maximum Gasteiger partial charge on any atom is 0.231 e. The zero-order chi connectivity index (χ0) is 12.5. The summed E-state index contributed by atoms with van der Waals surface area (Å²) in [5, 5.41) is 0. The predicted octanol–water partition coefficient (Wildman–Crippen LogP) is 3.43. The monoisotopic (exact) mass is 247 g/mol. The van der Waals surface area contributed by atoms with Gasteiger partial charge in [0.2, 0.25) is 6.79 Å². The lowest BCUT2D eigenvalue weighted by Gasteiger charge is -2.31. The molecule has 0 radical (unpaired) electrons. The summed E-state index contributed by atoms with van der Waals surface area (Å²) in [5.41, 5.74) is 1.22. The SMILES string of the molecule is CCC(C)C1CCCN1c1cccc2c1OCO2. The average Bonchev–Trinajstić information content (AvgIpc) is 3.05. The zero-order valence-electron chi connectivity index (χ0n) is 11.2. The standard InChI is InChI=1S/C15H21NO2/c1-3-11(2)12-7-5-9-16(12)13-6-4-8-14-15(13)18-10-17-14/h4,6,8,11-12H,3,5,7,9-10H2,1-2H3. The topological polar surface area (TPSA) is 21.7 Å². The first-order valence-electron chi connectivity index (χ1n) is 6.96. The minimum atomic E-state index is 0.355. The molecular formula is C15H21NO2. The van der Waals surface area contributed by atoms with Crippen molar-refractivity contribution >= 4 is 5.69 Å². The van der Waals surface area contributed by atoms with Gasteiger partial charge in [-0.15, -0.1) is 0 Å². The van der Waals surface area contributed by atoms with Crippen molar-refractivity contribution in [3.8, 4) is 11.5 Å². The summed E-state index contributed by atoms with van der Waals surface area (Å²) in [4.78, 5) is 2.52. The van der Waals surface area contributed by atoms with Gasteiger partial charge in [0.25, 0.3) is 0 Å². The molecule has 3 rings (SSSR count). The molecule has 18 heavy (non-hydrogen) atoms. The van der Waals surface area contributed by atoms with Gasteiger partial charge < -0.3 is 14.4 Å². The van der Waals surface area contributed by atoms with Crippen molar-refractivity contribution in [2.45, 2.75) is 39.2 Å². The molecule has 1 saturated heterocycles. The summed E-state index contributed by atoms with van der Waals surface area (Å²) in [6, 6.07) is 6.86. The molecule has 1 fully saturated rings. The largest absolute Gasteiger partial charge is 0.454 e. The molecule has 2 aliphatic rings. The number of rotatable bonds is 3. The molecule has 0 saturated carbocycles. The molecule has 0 bridgehead atoms. The fraction of sp³-hybridized carbons (Fsp3) is 0.600. The third kappa shape index (κ3) is 1.82. The van der Waals surface area contributed by atoms with E-state index in [1.165, 1.54) is 24.9 Å². The van der Waals surface area contributed by atoms with Crippen LogP contribution in [0.3, 0.4) is 0 Å². The molecule has 0 amide bonds. The minimum Gasteiger partial charge on any atom is -0.454 e. The van der Waals surface area contributed by atoms with Gasteiger partial charge in [-0.05, 0) is 30.9 Å². The van der Waals surface area contributed by atoms with Crippen molar-refractivity contribution in [2.24, 2.45) is 5.92 Å².